The summed E-state index contributed by atoms with van der Waals surface area (Å²) in [6, 6.07) is 16.6. The van der Waals surface area contributed by atoms with E-state index in [4.69, 9.17) is 11.6 Å². The summed E-state index contributed by atoms with van der Waals surface area (Å²) in [6.07, 6.45) is 0. The number of thiophene rings is 1. The first kappa shape index (κ1) is 22.0. The van der Waals surface area contributed by atoms with Crippen molar-refractivity contribution in [1.82, 2.24) is 5.43 Å². The standard InChI is InChI=1S/C21H20ClN3O3S2/c1-15-13-17(22)10-11-19(15)25(30(27,28)18-7-4-3-5-8-18)14-21(26)24-23-16(2)20-9-6-12-29-20/h3-13H,14H2,1-2H3,(H,24,26)/b23-16-. The quantitative estimate of drug-likeness (QED) is 0.417. The second-order valence-corrected chi connectivity index (χ2v) is 9.71. The van der Waals surface area contributed by atoms with E-state index in [1.807, 2.05) is 17.5 Å². The maximum Gasteiger partial charge on any atom is 0.264 e. The molecule has 1 N–H and O–H groups in total. The number of amides is 1. The van der Waals surface area contributed by atoms with Crippen LogP contribution in [0.15, 0.2) is 76.0 Å². The number of carbonyl (C=O) groups is 1. The average molecular weight is 462 g/mol. The van der Waals surface area contributed by atoms with Crippen LogP contribution in [0.1, 0.15) is 17.4 Å². The summed E-state index contributed by atoms with van der Waals surface area (Å²) in [5.74, 6) is -0.556. The largest absolute Gasteiger partial charge is 0.271 e. The fourth-order valence-corrected chi connectivity index (χ4v) is 5.18. The molecule has 1 heterocycles. The van der Waals surface area contributed by atoms with Crippen molar-refractivity contribution in [3.63, 3.8) is 0 Å². The molecule has 30 heavy (non-hydrogen) atoms. The minimum Gasteiger partial charge on any atom is -0.271 e. The number of aryl methyl sites for hydroxylation is 1. The van der Waals surface area contributed by atoms with Crippen LogP contribution in [0.3, 0.4) is 0 Å². The molecule has 3 rings (SSSR count). The fourth-order valence-electron chi connectivity index (χ4n) is 2.77. The minimum atomic E-state index is -3.98. The molecule has 6 nitrogen and oxygen atoms in total. The van der Waals surface area contributed by atoms with Gasteiger partial charge in [-0.25, -0.2) is 13.8 Å². The summed E-state index contributed by atoms with van der Waals surface area (Å²) >= 11 is 7.53. The third kappa shape index (κ3) is 5.08. The number of hydrazone groups is 1. The topological polar surface area (TPSA) is 78.8 Å². The summed E-state index contributed by atoms with van der Waals surface area (Å²) in [7, 11) is -3.98. The Morgan fingerprint density at radius 1 is 1.13 bits per heavy atom. The maximum atomic E-state index is 13.3. The molecule has 0 radical (unpaired) electrons. The summed E-state index contributed by atoms with van der Waals surface area (Å²) < 4.78 is 27.7. The van der Waals surface area contributed by atoms with Gasteiger partial charge in [-0.3, -0.25) is 9.10 Å². The lowest BCUT2D eigenvalue weighted by Crippen LogP contribution is -2.40. The van der Waals surface area contributed by atoms with Crippen LogP contribution in [-0.2, 0) is 14.8 Å². The zero-order valence-corrected chi connectivity index (χ0v) is 18.8. The monoisotopic (exact) mass is 461 g/mol. The number of hydrogen-bond donors (Lipinski definition) is 1. The Balaban J connectivity index is 1.92. The Morgan fingerprint density at radius 2 is 1.87 bits per heavy atom. The van der Waals surface area contributed by atoms with Crippen LogP contribution in [0.25, 0.3) is 0 Å². The number of nitrogens with one attached hydrogen (secondary N) is 1. The Labute approximate surface area is 184 Å². The van der Waals surface area contributed by atoms with Crippen molar-refractivity contribution in [3.8, 4) is 0 Å². The SMILES string of the molecule is C/C(=N/NC(=O)CN(c1ccc(Cl)cc1C)S(=O)(=O)c1ccccc1)c1cccs1. The van der Waals surface area contributed by atoms with Crippen molar-refractivity contribution in [1.29, 1.82) is 0 Å². The van der Waals surface area contributed by atoms with E-state index >= 15 is 0 Å². The summed E-state index contributed by atoms with van der Waals surface area (Å²) in [4.78, 5) is 13.6. The molecular formula is C21H20ClN3O3S2. The molecule has 3 aromatic rings. The summed E-state index contributed by atoms with van der Waals surface area (Å²) in [6.45, 7) is 3.08. The average Bonchev–Trinajstić information content (AvgIpc) is 3.26. The van der Waals surface area contributed by atoms with Crippen LogP contribution < -0.4 is 9.73 Å². The van der Waals surface area contributed by atoms with Crippen LogP contribution in [-0.4, -0.2) is 26.6 Å². The zero-order chi connectivity index (χ0) is 21.7. The molecule has 0 aliphatic carbocycles. The predicted molar refractivity (Wildman–Crippen MR) is 122 cm³/mol. The molecule has 0 aliphatic rings. The van der Waals surface area contributed by atoms with Crippen molar-refractivity contribution >= 4 is 50.3 Å². The van der Waals surface area contributed by atoms with Crippen molar-refractivity contribution in [2.45, 2.75) is 18.7 Å². The number of anilines is 1. The second-order valence-electron chi connectivity index (χ2n) is 6.47. The Hall–Kier alpha value is -2.68. The van der Waals surface area contributed by atoms with Crippen LogP contribution in [0.4, 0.5) is 5.69 Å². The predicted octanol–water partition coefficient (Wildman–Crippen LogP) is 4.45. The lowest BCUT2D eigenvalue weighted by Gasteiger charge is -2.25. The first-order valence-electron chi connectivity index (χ1n) is 9.00. The maximum absolute atomic E-state index is 13.3. The molecule has 0 aliphatic heterocycles. The second kappa shape index (κ2) is 9.42. The van der Waals surface area contributed by atoms with E-state index < -0.39 is 22.5 Å². The highest BCUT2D eigenvalue weighted by molar-refractivity contribution is 7.92. The van der Waals surface area contributed by atoms with Gasteiger partial charge in [0, 0.05) is 9.90 Å². The highest BCUT2D eigenvalue weighted by Crippen LogP contribution is 2.28. The number of sulfonamides is 1. The van der Waals surface area contributed by atoms with E-state index in [2.05, 4.69) is 10.5 Å². The lowest BCUT2D eigenvalue weighted by atomic mass is 10.2. The van der Waals surface area contributed by atoms with Crippen LogP contribution >= 0.6 is 22.9 Å². The number of hydrogen-bond acceptors (Lipinski definition) is 5. The molecule has 9 heteroatoms. The number of carbonyl (C=O) groups excluding carboxylic acids is 1. The van der Waals surface area contributed by atoms with Gasteiger partial charge in [0.15, 0.2) is 0 Å². The molecule has 0 saturated carbocycles. The van der Waals surface area contributed by atoms with E-state index in [0.717, 1.165) is 9.18 Å². The van der Waals surface area contributed by atoms with Gasteiger partial charge in [-0.2, -0.15) is 5.10 Å². The van der Waals surface area contributed by atoms with Gasteiger partial charge in [0.1, 0.15) is 6.54 Å². The molecule has 156 valence electrons. The molecule has 1 amide bonds. The molecule has 0 spiro atoms. The van der Waals surface area contributed by atoms with Gasteiger partial charge in [0.25, 0.3) is 15.9 Å². The fraction of sp³-hybridized carbons (Fsp3) is 0.143. The molecule has 1 aromatic heterocycles. The lowest BCUT2D eigenvalue weighted by molar-refractivity contribution is -0.119. The smallest absolute Gasteiger partial charge is 0.264 e. The Bertz CT molecular complexity index is 1160. The van der Waals surface area contributed by atoms with Crippen LogP contribution in [0.2, 0.25) is 5.02 Å². The minimum absolute atomic E-state index is 0.0883. The zero-order valence-electron chi connectivity index (χ0n) is 16.4. The van der Waals surface area contributed by atoms with Crippen molar-refractivity contribution < 1.29 is 13.2 Å². The number of halogens is 1. The van der Waals surface area contributed by atoms with Crippen molar-refractivity contribution in [3.05, 3.63) is 81.5 Å². The number of rotatable bonds is 7. The van der Waals surface area contributed by atoms with E-state index in [1.165, 1.54) is 23.5 Å². The van der Waals surface area contributed by atoms with Gasteiger partial charge in [0.05, 0.1) is 16.3 Å². The van der Waals surface area contributed by atoms with Gasteiger partial charge in [-0.1, -0.05) is 35.9 Å². The molecule has 0 bridgehead atoms. The normalized spacial score (nSPS) is 11.9. The third-order valence-corrected chi connectivity index (χ3v) is 7.26. The molecule has 0 unspecified atom stereocenters. The molecule has 2 aromatic carbocycles. The third-order valence-electron chi connectivity index (χ3n) is 4.27. The van der Waals surface area contributed by atoms with E-state index in [9.17, 15) is 13.2 Å². The van der Waals surface area contributed by atoms with Crippen molar-refractivity contribution in [2.75, 3.05) is 10.8 Å². The van der Waals surface area contributed by atoms with Gasteiger partial charge >= 0.3 is 0 Å². The first-order chi connectivity index (χ1) is 14.3. The number of benzene rings is 2. The number of nitrogens with zero attached hydrogens (tertiary/aromatic N) is 2. The van der Waals surface area contributed by atoms with Crippen molar-refractivity contribution in [2.24, 2.45) is 5.10 Å². The van der Waals surface area contributed by atoms with Crippen LogP contribution in [0, 0.1) is 6.92 Å². The van der Waals surface area contributed by atoms with Gasteiger partial charge in [-0.15, -0.1) is 11.3 Å². The van der Waals surface area contributed by atoms with Crippen LogP contribution in [0.5, 0.6) is 0 Å². The molecule has 0 atom stereocenters. The Morgan fingerprint density at radius 3 is 2.50 bits per heavy atom. The first-order valence-corrected chi connectivity index (χ1v) is 11.7. The van der Waals surface area contributed by atoms with E-state index in [0.29, 0.717) is 22.0 Å². The van der Waals surface area contributed by atoms with Gasteiger partial charge < -0.3 is 0 Å². The van der Waals surface area contributed by atoms with Gasteiger partial charge in [-0.05, 0) is 61.2 Å². The highest BCUT2D eigenvalue weighted by atomic mass is 35.5. The summed E-state index contributed by atoms with van der Waals surface area (Å²) in [5, 5.41) is 6.48. The highest BCUT2D eigenvalue weighted by Gasteiger charge is 2.28. The molecular weight excluding hydrogens is 442 g/mol. The van der Waals surface area contributed by atoms with E-state index in [-0.39, 0.29) is 4.90 Å². The van der Waals surface area contributed by atoms with E-state index in [1.54, 1.807) is 50.2 Å². The van der Waals surface area contributed by atoms with Gasteiger partial charge in [0.2, 0.25) is 0 Å². The molecule has 0 fully saturated rings. The molecule has 0 saturated heterocycles. The Kier molecular flexibility index (Phi) is 6.91. The summed E-state index contributed by atoms with van der Waals surface area (Å²) in [5.41, 5.74) is 4.09.